The predicted octanol–water partition coefficient (Wildman–Crippen LogP) is 3.29. The molecule has 20 heavy (non-hydrogen) atoms. The molecule has 2 aromatic rings. The maximum Gasteiger partial charge on any atom is 0.0708 e. The summed E-state index contributed by atoms with van der Waals surface area (Å²) in [6, 6.07) is 8.26. The van der Waals surface area contributed by atoms with Gasteiger partial charge in [-0.3, -0.25) is 4.98 Å². The van der Waals surface area contributed by atoms with Crippen LogP contribution in [0.1, 0.15) is 23.7 Å². The monoisotopic (exact) mass is 341 g/mol. The van der Waals surface area contributed by atoms with Crippen LogP contribution in [0.4, 0.5) is 0 Å². The number of aromatic nitrogens is 1. The molecule has 1 amide bonds. The molecule has 0 spiro atoms. The third kappa shape index (κ3) is 2.54. The molecule has 0 saturated heterocycles. The molecule has 4 heteroatoms. The van der Waals surface area contributed by atoms with Gasteiger partial charge in [0.05, 0.1) is 5.52 Å². The fourth-order valence-electron chi connectivity index (χ4n) is 2.78. The van der Waals surface area contributed by atoms with Gasteiger partial charge in [-0.2, -0.15) is 0 Å². The average Bonchev–Trinajstić information content (AvgIpc) is 2.72. The van der Waals surface area contributed by atoms with E-state index in [1.165, 1.54) is 0 Å². The number of pyridine rings is 1. The molecule has 3 rings (SSSR count). The van der Waals surface area contributed by atoms with Gasteiger partial charge in [-0.05, 0) is 48.6 Å². The zero-order valence-electron chi connectivity index (χ0n) is 11.6. The molecule has 1 aromatic carbocycles. The standard InChI is InChI=1S/C16H17N2O.Y/c1-3-13-5-4-10-6-11-8-16(2,15(17)19)9-12(11)7-14(10)18-13;/h4-7H,2-3,8-9H2,1H3,(H2,17,19);/q-1;/p-1. The van der Waals surface area contributed by atoms with Crippen molar-refractivity contribution in [1.29, 1.82) is 0 Å². The molecule has 0 fully saturated rings. The zero-order chi connectivity index (χ0) is 13.6. The number of nitrogens with zero attached hydrogens (tertiary/aromatic N) is 1. The summed E-state index contributed by atoms with van der Waals surface area (Å²) in [7, 11) is 0. The van der Waals surface area contributed by atoms with Crippen molar-refractivity contribution < 1.29 is 37.5 Å². The first kappa shape index (κ1) is 15.6. The molecule has 3 nitrogen and oxygen atoms in total. The molecule has 1 unspecified atom stereocenters. The van der Waals surface area contributed by atoms with Gasteiger partial charge in [0.25, 0.3) is 0 Å². The van der Waals surface area contributed by atoms with Crippen LogP contribution < -0.4 is 0 Å². The van der Waals surface area contributed by atoms with Gasteiger partial charge in [0.2, 0.25) is 0 Å². The minimum absolute atomic E-state index is 0. The molecule has 0 bridgehead atoms. The van der Waals surface area contributed by atoms with Gasteiger partial charge in [-0.1, -0.05) is 13.0 Å². The van der Waals surface area contributed by atoms with E-state index in [1.807, 2.05) is 6.07 Å². The maximum atomic E-state index is 11.4. The summed E-state index contributed by atoms with van der Waals surface area (Å²) in [5, 5.41) is 1.10. The first-order valence-electron chi connectivity index (χ1n) is 6.55. The first-order chi connectivity index (χ1) is 9.01. The van der Waals surface area contributed by atoms with E-state index in [2.05, 4.69) is 37.0 Å². The Labute approximate surface area is 144 Å². The number of carbonyl (C=O) groups is 1. The van der Waals surface area contributed by atoms with Crippen molar-refractivity contribution >= 4 is 16.8 Å². The summed E-state index contributed by atoms with van der Waals surface area (Å²) < 4.78 is 0. The van der Waals surface area contributed by atoms with Crippen molar-refractivity contribution in [2.24, 2.45) is 5.41 Å². The van der Waals surface area contributed by atoms with Crippen LogP contribution in [-0.4, -0.2) is 10.9 Å². The molecule has 101 valence electrons. The van der Waals surface area contributed by atoms with Crippen LogP contribution in [0.5, 0.6) is 0 Å². The molecule has 1 N–H and O–H groups in total. The number of hydrogen-bond acceptors (Lipinski definition) is 2. The second kappa shape index (κ2) is 5.53. The van der Waals surface area contributed by atoms with Gasteiger partial charge < -0.3 is 17.5 Å². The third-order valence-corrected chi connectivity index (χ3v) is 3.97. The third-order valence-electron chi connectivity index (χ3n) is 3.97. The van der Waals surface area contributed by atoms with Gasteiger partial charge in [-0.15, -0.1) is 5.41 Å². The molecule has 1 aliphatic carbocycles. The molecule has 1 radical (unpaired) electrons. The normalized spacial score (nSPS) is 20.5. The Balaban J connectivity index is 0.00000147. The van der Waals surface area contributed by atoms with Crippen LogP contribution in [0, 0.1) is 12.3 Å². The van der Waals surface area contributed by atoms with Crippen LogP contribution in [0.2, 0.25) is 0 Å². The molecule has 1 aliphatic rings. The summed E-state index contributed by atoms with van der Waals surface area (Å²) in [5.74, 6) is -0.574. The minimum atomic E-state index is -0.798. The van der Waals surface area contributed by atoms with Crippen LogP contribution in [-0.2, 0) is 56.8 Å². The SMILES string of the molecule is [CH2-]C1(C([NH-])=O)Cc2cc3ccc(CC)nc3cc2C1.[Y]. The zero-order valence-corrected chi connectivity index (χ0v) is 14.4. The first-order valence-corrected chi connectivity index (χ1v) is 6.55. The van der Waals surface area contributed by atoms with E-state index in [0.29, 0.717) is 12.8 Å². The Hall–Kier alpha value is -0.796. The van der Waals surface area contributed by atoms with E-state index in [9.17, 15) is 4.79 Å². The quantitative estimate of drug-likeness (QED) is 0.787. The van der Waals surface area contributed by atoms with Gasteiger partial charge in [-0.25, -0.2) is 0 Å². The number of carbonyl (C=O) groups excluding carboxylic acids is 1. The number of rotatable bonds is 2. The number of amides is 1. The Morgan fingerprint density at radius 2 is 2.00 bits per heavy atom. The Bertz CT molecular complexity index is 683. The second-order valence-electron chi connectivity index (χ2n) is 5.43. The average molecular weight is 341 g/mol. The van der Waals surface area contributed by atoms with E-state index in [0.717, 1.165) is 34.1 Å². The molecular weight excluding hydrogens is 325 g/mol. The molecule has 0 saturated carbocycles. The summed E-state index contributed by atoms with van der Waals surface area (Å²) in [5.41, 5.74) is 10.9. The number of nitrogens with one attached hydrogen (secondary N) is 1. The van der Waals surface area contributed by atoms with Crippen molar-refractivity contribution in [2.45, 2.75) is 26.2 Å². The van der Waals surface area contributed by atoms with Crippen molar-refractivity contribution in [3.05, 3.63) is 53.7 Å². The molecule has 1 aromatic heterocycles. The number of fused-ring (bicyclic) bond motifs is 2. The summed E-state index contributed by atoms with van der Waals surface area (Å²) in [6.45, 7) is 6.03. The summed E-state index contributed by atoms with van der Waals surface area (Å²) >= 11 is 0. The van der Waals surface area contributed by atoms with E-state index in [4.69, 9.17) is 5.73 Å². The summed E-state index contributed by atoms with van der Waals surface area (Å²) in [6.07, 6.45) is 2.03. The van der Waals surface area contributed by atoms with Crippen LogP contribution in [0.25, 0.3) is 16.6 Å². The Morgan fingerprint density at radius 3 is 2.60 bits per heavy atom. The van der Waals surface area contributed by atoms with Crippen molar-refractivity contribution in [3.8, 4) is 0 Å². The molecular formula is C16H16N2OY-2. The smallest absolute Gasteiger partial charge is 0.0708 e. The van der Waals surface area contributed by atoms with E-state index in [1.54, 1.807) is 0 Å². The topological polar surface area (TPSA) is 53.8 Å². The fraction of sp³-hybridized carbons (Fsp3) is 0.312. The minimum Gasteiger partial charge on any atom is -0.670 e. The predicted molar refractivity (Wildman–Crippen MR) is 75.6 cm³/mol. The van der Waals surface area contributed by atoms with Gasteiger partial charge in [0.1, 0.15) is 0 Å². The largest absolute Gasteiger partial charge is 0.670 e. The molecule has 1 heterocycles. The van der Waals surface area contributed by atoms with Gasteiger partial charge in [0.15, 0.2) is 0 Å². The maximum absolute atomic E-state index is 11.4. The molecule has 0 aliphatic heterocycles. The van der Waals surface area contributed by atoms with E-state index >= 15 is 0 Å². The van der Waals surface area contributed by atoms with Crippen molar-refractivity contribution in [2.75, 3.05) is 0 Å². The Kier molecular flexibility index (Phi) is 4.31. The summed E-state index contributed by atoms with van der Waals surface area (Å²) in [4.78, 5) is 16.0. The number of aryl methyl sites for hydroxylation is 1. The van der Waals surface area contributed by atoms with Crippen LogP contribution in [0.3, 0.4) is 0 Å². The van der Waals surface area contributed by atoms with Crippen molar-refractivity contribution in [3.63, 3.8) is 0 Å². The second-order valence-corrected chi connectivity index (χ2v) is 5.43. The fourth-order valence-corrected chi connectivity index (χ4v) is 2.78. The number of benzene rings is 1. The number of hydrogen-bond donors (Lipinski definition) is 0. The van der Waals surface area contributed by atoms with Gasteiger partial charge in [0, 0.05) is 49.7 Å². The molecule has 1 atom stereocenters. The van der Waals surface area contributed by atoms with E-state index in [-0.39, 0.29) is 32.7 Å². The Morgan fingerprint density at radius 1 is 1.35 bits per heavy atom. The van der Waals surface area contributed by atoms with E-state index < -0.39 is 11.3 Å². The van der Waals surface area contributed by atoms with Crippen molar-refractivity contribution in [1.82, 2.24) is 4.98 Å². The van der Waals surface area contributed by atoms with Crippen LogP contribution >= 0.6 is 0 Å². The van der Waals surface area contributed by atoms with Crippen LogP contribution in [0.15, 0.2) is 24.3 Å². The van der Waals surface area contributed by atoms with Gasteiger partial charge >= 0.3 is 0 Å².